The van der Waals surface area contributed by atoms with Crippen LogP contribution in [0.1, 0.15) is 96.3 Å². The zero-order valence-electron chi connectivity index (χ0n) is 24.9. The Balaban J connectivity index is 1.91. The first kappa shape index (κ1) is 30.6. The highest BCUT2D eigenvalue weighted by Crippen LogP contribution is 2.57. The SMILES string of the molecule is CCOc1cc([C@@H](C)C(CC(=O)CCc2ccccc2)C(=O)CC2(C(C)=O)CC(C)(C)C2)cc(OCC)c1C. The number of carbonyl (C=O) groups is 3. The van der Waals surface area contributed by atoms with Gasteiger partial charge >= 0.3 is 0 Å². The molecular formula is C34H46O5. The second-order valence-electron chi connectivity index (χ2n) is 12.1. The Morgan fingerprint density at radius 1 is 0.949 bits per heavy atom. The summed E-state index contributed by atoms with van der Waals surface area (Å²) in [5.74, 6) is 0.828. The van der Waals surface area contributed by atoms with Crippen molar-refractivity contribution in [2.24, 2.45) is 16.7 Å². The topological polar surface area (TPSA) is 69.7 Å². The first-order chi connectivity index (χ1) is 18.4. The van der Waals surface area contributed by atoms with Gasteiger partial charge in [-0.2, -0.15) is 0 Å². The third-order valence-corrected chi connectivity index (χ3v) is 8.35. The fraction of sp³-hybridized carbons (Fsp3) is 0.559. The van der Waals surface area contributed by atoms with Gasteiger partial charge in [0.05, 0.1) is 13.2 Å². The van der Waals surface area contributed by atoms with Gasteiger partial charge in [0.25, 0.3) is 0 Å². The van der Waals surface area contributed by atoms with Crippen molar-refractivity contribution in [3.63, 3.8) is 0 Å². The maximum Gasteiger partial charge on any atom is 0.138 e. The highest BCUT2D eigenvalue weighted by Gasteiger charge is 2.53. The molecule has 0 saturated heterocycles. The van der Waals surface area contributed by atoms with Crippen LogP contribution in [-0.2, 0) is 20.8 Å². The smallest absolute Gasteiger partial charge is 0.138 e. The Morgan fingerprint density at radius 2 is 1.51 bits per heavy atom. The molecule has 2 aromatic carbocycles. The Bertz CT molecular complexity index is 1130. The lowest BCUT2D eigenvalue weighted by atomic mass is 9.51. The Labute approximate surface area is 234 Å². The maximum atomic E-state index is 14.0. The molecule has 1 fully saturated rings. The summed E-state index contributed by atoms with van der Waals surface area (Å²) in [6, 6.07) is 13.9. The van der Waals surface area contributed by atoms with Crippen LogP contribution in [0.15, 0.2) is 42.5 Å². The van der Waals surface area contributed by atoms with Crippen LogP contribution in [-0.4, -0.2) is 30.6 Å². The molecule has 0 spiro atoms. The van der Waals surface area contributed by atoms with Gasteiger partial charge in [0.2, 0.25) is 0 Å². The average Bonchev–Trinajstić information content (AvgIpc) is 2.87. The van der Waals surface area contributed by atoms with E-state index in [0.717, 1.165) is 28.2 Å². The van der Waals surface area contributed by atoms with E-state index in [1.807, 2.05) is 70.2 Å². The Kier molecular flexibility index (Phi) is 10.1. The van der Waals surface area contributed by atoms with Crippen LogP contribution in [0.2, 0.25) is 0 Å². The molecule has 0 amide bonds. The summed E-state index contributed by atoms with van der Waals surface area (Å²) in [7, 11) is 0. The molecule has 39 heavy (non-hydrogen) atoms. The minimum atomic E-state index is -0.619. The summed E-state index contributed by atoms with van der Waals surface area (Å²) in [5.41, 5.74) is 2.37. The van der Waals surface area contributed by atoms with Crippen LogP contribution in [0.25, 0.3) is 0 Å². The molecular weight excluding hydrogens is 488 g/mol. The lowest BCUT2D eigenvalue weighted by Gasteiger charge is -2.52. The fourth-order valence-corrected chi connectivity index (χ4v) is 6.38. The number of ketones is 3. The van der Waals surface area contributed by atoms with E-state index in [2.05, 4.69) is 13.8 Å². The summed E-state index contributed by atoms with van der Waals surface area (Å²) in [5, 5.41) is 0. The van der Waals surface area contributed by atoms with Gasteiger partial charge in [-0.25, -0.2) is 0 Å². The number of aryl methyl sites for hydroxylation is 1. The van der Waals surface area contributed by atoms with Crippen molar-refractivity contribution in [3.05, 3.63) is 59.2 Å². The summed E-state index contributed by atoms with van der Waals surface area (Å²) in [4.78, 5) is 40.0. The van der Waals surface area contributed by atoms with Crippen molar-refractivity contribution in [2.75, 3.05) is 13.2 Å². The molecule has 1 saturated carbocycles. The number of benzene rings is 2. The van der Waals surface area contributed by atoms with Crippen molar-refractivity contribution in [1.29, 1.82) is 0 Å². The van der Waals surface area contributed by atoms with E-state index in [1.165, 1.54) is 0 Å². The molecule has 2 aromatic rings. The number of hydrogen-bond donors (Lipinski definition) is 0. The van der Waals surface area contributed by atoms with Gasteiger partial charge < -0.3 is 9.47 Å². The van der Waals surface area contributed by atoms with Gasteiger partial charge in [0.1, 0.15) is 28.8 Å². The van der Waals surface area contributed by atoms with Gasteiger partial charge in [0, 0.05) is 36.2 Å². The van der Waals surface area contributed by atoms with Crippen LogP contribution >= 0.6 is 0 Å². The molecule has 5 heteroatoms. The molecule has 0 aromatic heterocycles. The molecule has 1 unspecified atom stereocenters. The molecule has 212 valence electrons. The predicted molar refractivity (Wildman–Crippen MR) is 156 cm³/mol. The van der Waals surface area contributed by atoms with Gasteiger partial charge in [0.15, 0.2) is 0 Å². The van der Waals surface area contributed by atoms with Gasteiger partial charge in [-0.3, -0.25) is 14.4 Å². The van der Waals surface area contributed by atoms with Crippen molar-refractivity contribution in [1.82, 2.24) is 0 Å². The van der Waals surface area contributed by atoms with Crippen LogP contribution in [0, 0.1) is 23.7 Å². The molecule has 3 rings (SSSR count). The largest absolute Gasteiger partial charge is 0.493 e. The zero-order chi connectivity index (χ0) is 28.8. The van der Waals surface area contributed by atoms with Crippen LogP contribution < -0.4 is 9.47 Å². The van der Waals surface area contributed by atoms with Crippen molar-refractivity contribution < 1.29 is 23.9 Å². The van der Waals surface area contributed by atoms with Crippen LogP contribution in [0.3, 0.4) is 0 Å². The summed E-state index contributed by atoms with van der Waals surface area (Å²) in [6.07, 6.45) is 2.79. The van der Waals surface area contributed by atoms with E-state index < -0.39 is 11.3 Å². The minimum absolute atomic E-state index is 0.00208. The molecule has 0 aliphatic heterocycles. The van der Waals surface area contributed by atoms with Gasteiger partial charge in [-0.15, -0.1) is 0 Å². The normalized spacial score (nSPS) is 17.0. The monoisotopic (exact) mass is 534 g/mol. The molecule has 0 bridgehead atoms. The number of hydrogen-bond acceptors (Lipinski definition) is 5. The minimum Gasteiger partial charge on any atom is -0.493 e. The van der Waals surface area contributed by atoms with E-state index in [1.54, 1.807) is 6.92 Å². The van der Waals surface area contributed by atoms with Crippen molar-refractivity contribution >= 4 is 17.3 Å². The van der Waals surface area contributed by atoms with Crippen LogP contribution in [0.4, 0.5) is 0 Å². The van der Waals surface area contributed by atoms with E-state index in [4.69, 9.17) is 9.47 Å². The van der Waals surface area contributed by atoms with Crippen molar-refractivity contribution in [3.8, 4) is 11.5 Å². The van der Waals surface area contributed by atoms with E-state index in [9.17, 15) is 14.4 Å². The Hall–Kier alpha value is -2.95. The lowest BCUT2D eigenvalue weighted by molar-refractivity contribution is -0.147. The highest BCUT2D eigenvalue weighted by molar-refractivity contribution is 5.94. The number of carbonyl (C=O) groups excluding carboxylic acids is 3. The molecule has 1 aliphatic rings. The maximum absolute atomic E-state index is 14.0. The zero-order valence-corrected chi connectivity index (χ0v) is 24.9. The molecule has 0 N–H and O–H groups in total. The van der Waals surface area contributed by atoms with Crippen molar-refractivity contribution in [2.45, 2.75) is 92.9 Å². The third kappa shape index (κ3) is 7.58. The second kappa shape index (κ2) is 12.9. The highest BCUT2D eigenvalue weighted by atomic mass is 16.5. The first-order valence-electron chi connectivity index (χ1n) is 14.4. The average molecular weight is 535 g/mol. The number of Topliss-reactive ketones (excluding diaryl/α,β-unsaturated/α-hetero) is 3. The van der Waals surface area contributed by atoms with Gasteiger partial charge in [-0.1, -0.05) is 51.1 Å². The third-order valence-electron chi connectivity index (χ3n) is 8.35. The number of ether oxygens (including phenoxy) is 2. The fourth-order valence-electron chi connectivity index (χ4n) is 6.38. The summed E-state index contributed by atoms with van der Waals surface area (Å²) >= 11 is 0. The van der Waals surface area contributed by atoms with E-state index in [-0.39, 0.29) is 41.5 Å². The standard InChI is InChI=1S/C34H46O5/c1-8-38-31-17-27(18-32(24(31)4)39-9-2)23(3)29(19-28(36)16-15-26-13-11-10-12-14-26)30(37)20-34(25(5)35)21-33(6,7)22-34/h10-14,17-18,23,29H,8-9,15-16,19-22H2,1-7H3/t23-,29?/m1/s1. The van der Waals surface area contributed by atoms with E-state index in [0.29, 0.717) is 38.9 Å². The quantitative estimate of drug-likeness (QED) is 0.237. The molecule has 0 radical (unpaired) electrons. The lowest BCUT2D eigenvalue weighted by Crippen LogP contribution is -2.49. The molecule has 5 nitrogen and oxygen atoms in total. The second-order valence-corrected chi connectivity index (χ2v) is 12.1. The summed E-state index contributed by atoms with van der Waals surface area (Å²) < 4.78 is 11.8. The van der Waals surface area contributed by atoms with Gasteiger partial charge in [-0.05, 0) is 81.5 Å². The summed E-state index contributed by atoms with van der Waals surface area (Å²) in [6.45, 7) is 14.8. The van der Waals surface area contributed by atoms with Crippen LogP contribution in [0.5, 0.6) is 11.5 Å². The molecule has 0 heterocycles. The first-order valence-corrected chi connectivity index (χ1v) is 14.4. The molecule has 2 atom stereocenters. The Morgan fingerprint density at radius 3 is 2.00 bits per heavy atom. The molecule has 1 aliphatic carbocycles. The predicted octanol–water partition coefficient (Wildman–Crippen LogP) is 7.46. The van der Waals surface area contributed by atoms with E-state index >= 15 is 0 Å². The number of rotatable bonds is 15.